The Hall–Kier alpha value is -2.69. The zero-order valence-corrected chi connectivity index (χ0v) is 15.1. The van der Waals surface area contributed by atoms with Gasteiger partial charge in [0.1, 0.15) is 4.83 Å². The van der Waals surface area contributed by atoms with Gasteiger partial charge in [-0.2, -0.15) is 5.26 Å². The summed E-state index contributed by atoms with van der Waals surface area (Å²) in [5.41, 5.74) is 7.46. The molecular weight excluding hydrogens is 346 g/mol. The molecule has 0 radical (unpaired) electrons. The smallest absolute Gasteiger partial charge is 0.263 e. The first-order valence-corrected chi connectivity index (χ1v) is 9.52. The highest BCUT2D eigenvalue weighted by molar-refractivity contribution is 7.16. The van der Waals surface area contributed by atoms with Crippen LogP contribution in [0.2, 0.25) is 0 Å². The molecule has 1 saturated heterocycles. The maximum atomic E-state index is 13.1. The summed E-state index contributed by atoms with van der Waals surface area (Å²) in [6.07, 6.45) is 1.97. The van der Waals surface area contributed by atoms with Crippen LogP contribution in [0, 0.1) is 11.3 Å². The van der Waals surface area contributed by atoms with Crippen LogP contribution in [0.3, 0.4) is 0 Å². The van der Waals surface area contributed by atoms with Crippen molar-refractivity contribution in [2.75, 3.05) is 18.0 Å². The van der Waals surface area contributed by atoms with Crippen LogP contribution in [0.15, 0.2) is 40.5 Å². The summed E-state index contributed by atoms with van der Waals surface area (Å²) in [5.74, 6) is 0.646. The van der Waals surface area contributed by atoms with Gasteiger partial charge in [0.25, 0.3) is 5.56 Å². The van der Waals surface area contributed by atoms with Crippen LogP contribution in [-0.2, 0) is 6.54 Å². The topological polar surface area (TPSA) is 87.9 Å². The van der Waals surface area contributed by atoms with Gasteiger partial charge in [-0.3, -0.25) is 9.36 Å². The number of thiophene rings is 1. The fourth-order valence-corrected chi connectivity index (χ4v) is 4.20. The van der Waals surface area contributed by atoms with Crippen LogP contribution in [-0.4, -0.2) is 28.7 Å². The van der Waals surface area contributed by atoms with Gasteiger partial charge in [0, 0.05) is 19.1 Å². The molecule has 7 heteroatoms. The van der Waals surface area contributed by atoms with E-state index in [-0.39, 0.29) is 11.6 Å². The molecule has 0 saturated carbocycles. The van der Waals surface area contributed by atoms with E-state index < -0.39 is 0 Å². The number of benzene rings is 1. The average Bonchev–Trinajstić information content (AvgIpc) is 3.13. The fourth-order valence-electron chi connectivity index (χ4n) is 3.45. The highest BCUT2D eigenvalue weighted by atomic mass is 32.1. The van der Waals surface area contributed by atoms with Gasteiger partial charge in [-0.1, -0.05) is 18.2 Å². The normalized spacial score (nSPS) is 17.4. The molecule has 26 heavy (non-hydrogen) atoms. The number of aromatic nitrogens is 2. The van der Waals surface area contributed by atoms with Crippen LogP contribution in [0.1, 0.15) is 24.0 Å². The second kappa shape index (κ2) is 6.90. The van der Waals surface area contributed by atoms with Crippen molar-refractivity contribution in [3.8, 4) is 6.07 Å². The number of hydrogen-bond acceptors (Lipinski definition) is 6. The first kappa shape index (κ1) is 16.8. The molecule has 1 aromatic carbocycles. The molecule has 132 valence electrons. The third-order valence-electron chi connectivity index (χ3n) is 4.77. The number of anilines is 1. The lowest BCUT2D eigenvalue weighted by Gasteiger charge is -2.33. The lowest BCUT2D eigenvalue weighted by molar-refractivity contribution is 0.492. The molecule has 0 bridgehead atoms. The van der Waals surface area contributed by atoms with Crippen LogP contribution >= 0.6 is 11.3 Å². The van der Waals surface area contributed by atoms with E-state index in [1.165, 1.54) is 11.3 Å². The van der Waals surface area contributed by atoms with Crippen molar-refractivity contribution >= 4 is 27.5 Å². The molecule has 1 atom stereocenters. The first-order chi connectivity index (χ1) is 12.7. The molecule has 4 rings (SSSR count). The molecule has 0 spiro atoms. The molecule has 0 unspecified atom stereocenters. The maximum absolute atomic E-state index is 13.1. The number of piperidine rings is 1. The summed E-state index contributed by atoms with van der Waals surface area (Å²) in [4.78, 5) is 20.7. The summed E-state index contributed by atoms with van der Waals surface area (Å²) < 4.78 is 1.68. The molecule has 3 heterocycles. The van der Waals surface area contributed by atoms with Crippen molar-refractivity contribution in [2.45, 2.75) is 25.4 Å². The number of nitrogens with zero attached hydrogens (tertiary/aromatic N) is 4. The average molecular weight is 365 g/mol. The van der Waals surface area contributed by atoms with Gasteiger partial charge in [0.05, 0.1) is 23.6 Å². The summed E-state index contributed by atoms with van der Waals surface area (Å²) in [6.45, 7) is 1.84. The molecule has 2 N–H and O–H groups in total. The number of nitrogens with two attached hydrogens (primary N) is 1. The van der Waals surface area contributed by atoms with Crippen molar-refractivity contribution in [2.24, 2.45) is 5.73 Å². The van der Waals surface area contributed by atoms with E-state index in [0.717, 1.165) is 29.8 Å². The number of fused-ring (bicyclic) bond motifs is 1. The highest BCUT2D eigenvalue weighted by Gasteiger charge is 2.23. The van der Waals surface area contributed by atoms with Crippen molar-refractivity contribution in [1.82, 2.24) is 9.55 Å². The Morgan fingerprint density at radius 1 is 1.35 bits per heavy atom. The molecule has 6 nitrogen and oxygen atoms in total. The Balaban J connectivity index is 1.86. The van der Waals surface area contributed by atoms with E-state index in [1.807, 2.05) is 29.6 Å². The minimum Gasteiger partial charge on any atom is -0.341 e. The summed E-state index contributed by atoms with van der Waals surface area (Å²) >= 11 is 1.47. The molecule has 3 aromatic rings. The van der Waals surface area contributed by atoms with Crippen LogP contribution < -0.4 is 16.2 Å². The van der Waals surface area contributed by atoms with Crippen molar-refractivity contribution in [1.29, 1.82) is 5.26 Å². The van der Waals surface area contributed by atoms with Crippen molar-refractivity contribution < 1.29 is 0 Å². The molecule has 1 aliphatic heterocycles. The standard InChI is InChI=1S/C19H19N5OS/c20-10-13-4-1-2-5-14(13)11-24-18(25)16-7-9-26-17(16)22-19(24)23-8-3-6-15(21)12-23/h1-2,4-5,7,9,15H,3,6,8,11-12,21H2/t15-/m1/s1. The van der Waals surface area contributed by atoms with Gasteiger partial charge in [-0.15, -0.1) is 11.3 Å². The third kappa shape index (κ3) is 2.98. The Labute approximate surface area is 155 Å². The molecule has 1 aliphatic rings. The van der Waals surface area contributed by atoms with Crippen LogP contribution in [0.25, 0.3) is 10.2 Å². The van der Waals surface area contributed by atoms with E-state index in [4.69, 9.17) is 10.7 Å². The van der Waals surface area contributed by atoms with Gasteiger partial charge in [0.2, 0.25) is 5.95 Å². The van der Waals surface area contributed by atoms with Crippen LogP contribution in [0.4, 0.5) is 5.95 Å². The number of hydrogen-bond donors (Lipinski definition) is 1. The lowest BCUT2D eigenvalue weighted by Crippen LogP contribution is -2.45. The minimum atomic E-state index is -0.0712. The summed E-state index contributed by atoms with van der Waals surface area (Å²) in [7, 11) is 0. The quantitative estimate of drug-likeness (QED) is 0.769. The summed E-state index contributed by atoms with van der Waals surface area (Å²) in [6, 6.07) is 11.5. The Morgan fingerprint density at radius 2 is 2.19 bits per heavy atom. The summed E-state index contributed by atoms with van der Waals surface area (Å²) in [5, 5.41) is 11.9. The van der Waals surface area contributed by atoms with Gasteiger partial charge < -0.3 is 10.6 Å². The Kier molecular flexibility index (Phi) is 4.45. The second-order valence-corrected chi connectivity index (χ2v) is 7.45. The molecule has 0 amide bonds. The predicted molar refractivity (Wildman–Crippen MR) is 104 cm³/mol. The van der Waals surface area contributed by atoms with Crippen LogP contribution in [0.5, 0.6) is 0 Å². The molecule has 2 aromatic heterocycles. The first-order valence-electron chi connectivity index (χ1n) is 8.64. The number of nitriles is 1. The van der Waals surface area contributed by atoms with Crippen molar-refractivity contribution in [3.63, 3.8) is 0 Å². The number of rotatable bonds is 3. The SMILES string of the molecule is N#Cc1ccccc1Cn1c(N2CCC[C@@H](N)C2)nc2sccc2c1=O. The maximum Gasteiger partial charge on any atom is 0.263 e. The molecule has 0 aliphatic carbocycles. The largest absolute Gasteiger partial charge is 0.341 e. The lowest BCUT2D eigenvalue weighted by atomic mass is 10.1. The van der Waals surface area contributed by atoms with E-state index in [9.17, 15) is 10.1 Å². The van der Waals surface area contributed by atoms with E-state index in [2.05, 4.69) is 11.0 Å². The van der Waals surface area contributed by atoms with Gasteiger partial charge in [-0.05, 0) is 35.9 Å². The minimum absolute atomic E-state index is 0.0712. The van der Waals surface area contributed by atoms with E-state index in [1.54, 1.807) is 10.6 Å². The fraction of sp³-hybridized carbons (Fsp3) is 0.316. The monoisotopic (exact) mass is 365 g/mol. The van der Waals surface area contributed by atoms with Crippen molar-refractivity contribution in [3.05, 3.63) is 57.2 Å². The zero-order chi connectivity index (χ0) is 18.1. The molecule has 1 fully saturated rings. The predicted octanol–water partition coefficient (Wildman–Crippen LogP) is 2.31. The highest BCUT2D eigenvalue weighted by Crippen LogP contribution is 2.23. The van der Waals surface area contributed by atoms with E-state index >= 15 is 0 Å². The van der Waals surface area contributed by atoms with Gasteiger partial charge >= 0.3 is 0 Å². The molecular formula is C19H19N5OS. The second-order valence-electron chi connectivity index (χ2n) is 6.56. The third-order valence-corrected chi connectivity index (χ3v) is 5.58. The van der Waals surface area contributed by atoms with E-state index in [0.29, 0.717) is 30.0 Å². The van der Waals surface area contributed by atoms with Gasteiger partial charge in [0.15, 0.2) is 0 Å². The zero-order valence-electron chi connectivity index (χ0n) is 14.3. The van der Waals surface area contributed by atoms with Gasteiger partial charge in [-0.25, -0.2) is 4.98 Å². The Morgan fingerprint density at radius 3 is 3.00 bits per heavy atom. The Bertz CT molecular complexity index is 1050.